The zero-order valence-corrected chi connectivity index (χ0v) is 15.2. The van der Waals surface area contributed by atoms with Crippen molar-refractivity contribution < 1.29 is 14.3 Å². The van der Waals surface area contributed by atoms with Crippen LogP contribution in [0.3, 0.4) is 0 Å². The average molecular weight is 356 g/mol. The number of methoxy groups -OCH3 is 1. The minimum atomic E-state index is -0.283. The second kappa shape index (κ2) is 6.72. The number of nitrogens with zero attached hydrogens (tertiary/aromatic N) is 4. The van der Waals surface area contributed by atoms with E-state index in [4.69, 9.17) is 9.47 Å². The third-order valence-electron chi connectivity index (χ3n) is 5.66. The van der Waals surface area contributed by atoms with Crippen LogP contribution in [0, 0.1) is 0 Å². The summed E-state index contributed by atoms with van der Waals surface area (Å²) in [7, 11) is 3.57. The van der Waals surface area contributed by atoms with E-state index >= 15 is 0 Å². The van der Waals surface area contributed by atoms with Crippen LogP contribution in [0.15, 0.2) is 36.7 Å². The summed E-state index contributed by atoms with van der Waals surface area (Å²) in [5.74, 6) is 0.594. The second-order valence-electron chi connectivity index (χ2n) is 7.09. The molecule has 2 aromatic rings. The molecule has 3 atom stereocenters. The third kappa shape index (κ3) is 2.96. The molecule has 0 unspecified atom stereocenters. The number of aromatic nitrogens is 3. The molecule has 0 bridgehead atoms. The lowest BCUT2D eigenvalue weighted by Gasteiger charge is -2.43. The summed E-state index contributed by atoms with van der Waals surface area (Å²) >= 11 is 0. The summed E-state index contributed by atoms with van der Waals surface area (Å²) < 4.78 is 13.7. The van der Waals surface area contributed by atoms with Crippen molar-refractivity contribution >= 4 is 5.91 Å². The lowest BCUT2D eigenvalue weighted by atomic mass is 9.79. The molecule has 4 rings (SSSR count). The number of hydrogen-bond donors (Lipinski definition) is 0. The van der Waals surface area contributed by atoms with Crippen LogP contribution in [0.4, 0.5) is 0 Å². The van der Waals surface area contributed by atoms with Crippen molar-refractivity contribution in [1.29, 1.82) is 0 Å². The molecule has 2 fully saturated rings. The van der Waals surface area contributed by atoms with Crippen molar-refractivity contribution in [3.63, 3.8) is 0 Å². The van der Waals surface area contributed by atoms with E-state index < -0.39 is 0 Å². The fourth-order valence-corrected chi connectivity index (χ4v) is 4.28. The van der Waals surface area contributed by atoms with Crippen LogP contribution in [0.25, 0.3) is 0 Å². The molecular formula is C19H24N4O3. The number of carbonyl (C=O) groups is 1. The maximum Gasteiger partial charge on any atom is 0.274 e. The molecule has 1 aliphatic carbocycles. The van der Waals surface area contributed by atoms with Gasteiger partial charge in [-0.2, -0.15) is 5.10 Å². The summed E-state index contributed by atoms with van der Waals surface area (Å²) in [6.45, 7) is 0.685. The highest BCUT2D eigenvalue weighted by atomic mass is 16.5. The maximum absolute atomic E-state index is 13.0. The van der Waals surface area contributed by atoms with Crippen LogP contribution in [0.5, 0.6) is 5.88 Å². The van der Waals surface area contributed by atoms with Gasteiger partial charge in [-0.05, 0) is 31.4 Å². The van der Waals surface area contributed by atoms with Crippen molar-refractivity contribution in [2.75, 3.05) is 13.7 Å². The molecule has 1 aliphatic heterocycles. The topological polar surface area (TPSA) is 69.5 Å². The molecule has 2 aromatic heterocycles. The Hall–Kier alpha value is -2.41. The first-order chi connectivity index (χ1) is 12.6. The van der Waals surface area contributed by atoms with Crippen LogP contribution < -0.4 is 4.74 Å². The van der Waals surface area contributed by atoms with Crippen LogP contribution in [-0.4, -0.2) is 57.0 Å². The van der Waals surface area contributed by atoms with Gasteiger partial charge in [-0.15, -0.1) is 0 Å². The number of likely N-dealkylation sites (tertiary alicyclic amines) is 1. The molecule has 0 N–H and O–H groups in total. The van der Waals surface area contributed by atoms with E-state index in [0.717, 1.165) is 25.7 Å². The van der Waals surface area contributed by atoms with Gasteiger partial charge in [0, 0.05) is 45.6 Å². The molecule has 7 nitrogen and oxygen atoms in total. The first-order valence-electron chi connectivity index (χ1n) is 9.05. The number of ether oxygens (including phenoxy) is 2. The minimum absolute atomic E-state index is 0.00975. The van der Waals surface area contributed by atoms with Gasteiger partial charge in [0.25, 0.3) is 5.91 Å². The fraction of sp³-hybridized carbons (Fsp3) is 0.526. The Kier molecular flexibility index (Phi) is 4.40. The summed E-state index contributed by atoms with van der Waals surface area (Å²) in [6, 6.07) is 7.40. The maximum atomic E-state index is 13.0. The van der Waals surface area contributed by atoms with E-state index in [1.54, 1.807) is 30.3 Å². The Morgan fingerprint density at radius 3 is 2.88 bits per heavy atom. The smallest absolute Gasteiger partial charge is 0.274 e. The molecular weight excluding hydrogens is 332 g/mol. The summed E-state index contributed by atoms with van der Waals surface area (Å²) in [4.78, 5) is 19.1. The molecule has 138 valence electrons. The Balaban J connectivity index is 1.53. The van der Waals surface area contributed by atoms with Gasteiger partial charge in [0.2, 0.25) is 5.88 Å². The normalized spacial score (nSPS) is 28.0. The number of fused-ring (bicyclic) bond motifs is 1. The molecule has 26 heavy (non-hydrogen) atoms. The van der Waals surface area contributed by atoms with Gasteiger partial charge in [0.1, 0.15) is 11.8 Å². The lowest BCUT2D eigenvalue weighted by molar-refractivity contribution is -0.0789. The predicted molar refractivity (Wildman–Crippen MR) is 94.9 cm³/mol. The van der Waals surface area contributed by atoms with Gasteiger partial charge in [-0.3, -0.25) is 9.48 Å². The summed E-state index contributed by atoms with van der Waals surface area (Å²) in [5, 5.41) is 4.27. The third-order valence-corrected chi connectivity index (χ3v) is 5.66. The van der Waals surface area contributed by atoms with E-state index in [0.29, 0.717) is 18.1 Å². The number of aryl methyl sites for hydroxylation is 1. The number of rotatable bonds is 4. The minimum Gasteiger partial charge on any atom is -0.474 e. The Morgan fingerprint density at radius 2 is 2.19 bits per heavy atom. The largest absolute Gasteiger partial charge is 0.474 e. The monoisotopic (exact) mass is 356 g/mol. The van der Waals surface area contributed by atoms with Crippen molar-refractivity contribution in [3.8, 4) is 5.88 Å². The summed E-state index contributed by atoms with van der Waals surface area (Å²) in [5.41, 5.74) is 0.196. The van der Waals surface area contributed by atoms with Crippen molar-refractivity contribution in [3.05, 3.63) is 42.4 Å². The van der Waals surface area contributed by atoms with Gasteiger partial charge >= 0.3 is 0 Å². The number of amides is 1. The number of pyridine rings is 1. The fourth-order valence-electron chi connectivity index (χ4n) is 4.28. The average Bonchev–Trinajstić information content (AvgIpc) is 3.26. The Bertz CT molecular complexity index is 778. The molecule has 0 aromatic carbocycles. The summed E-state index contributed by atoms with van der Waals surface area (Å²) in [6.07, 6.45) is 6.90. The molecule has 1 amide bonds. The van der Waals surface area contributed by atoms with E-state index in [1.165, 1.54) is 0 Å². The molecule has 1 saturated carbocycles. The zero-order chi connectivity index (χ0) is 18.1. The molecule has 0 spiro atoms. The van der Waals surface area contributed by atoms with Gasteiger partial charge in [0.15, 0.2) is 0 Å². The van der Waals surface area contributed by atoms with Gasteiger partial charge in [0.05, 0.1) is 11.6 Å². The highest BCUT2D eigenvalue weighted by Gasteiger charge is 2.53. The molecule has 2 aliphatic rings. The van der Waals surface area contributed by atoms with E-state index in [9.17, 15) is 4.79 Å². The highest BCUT2D eigenvalue weighted by molar-refractivity contribution is 5.92. The van der Waals surface area contributed by atoms with Crippen molar-refractivity contribution in [2.24, 2.45) is 7.05 Å². The van der Waals surface area contributed by atoms with E-state index in [1.807, 2.05) is 30.1 Å². The second-order valence-corrected chi connectivity index (χ2v) is 7.09. The van der Waals surface area contributed by atoms with Crippen LogP contribution in [0.2, 0.25) is 0 Å². The van der Waals surface area contributed by atoms with Crippen molar-refractivity contribution in [2.45, 2.75) is 43.4 Å². The van der Waals surface area contributed by atoms with Crippen LogP contribution in [-0.2, 0) is 11.8 Å². The van der Waals surface area contributed by atoms with E-state index in [-0.39, 0.29) is 23.7 Å². The quantitative estimate of drug-likeness (QED) is 0.839. The van der Waals surface area contributed by atoms with Gasteiger partial charge < -0.3 is 14.4 Å². The highest BCUT2D eigenvalue weighted by Crippen LogP contribution is 2.43. The Morgan fingerprint density at radius 1 is 1.31 bits per heavy atom. The molecule has 3 heterocycles. The predicted octanol–water partition coefficient (Wildman–Crippen LogP) is 2.05. The number of hydrogen-bond acceptors (Lipinski definition) is 5. The van der Waals surface area contributed by atoms with Gasteiger partial charge in [-0.1, -0.05) is 6.07 Å². The molecule has 1 saturated heterocycles. The lowest BCUT2D eigenvalue weighted by Crippen LogP contribution is -2.53. The number of carbonyl (C=O) groups excluding carboxylic acids is 1. The van der Waals surface area contributed by atoms with Crippen LogP contribution >= 0.6 is 0 Å². The standard InChI is InChI=1S/C19H24N4O3/c1-22-11-7-15(21-22)18(24)23-12-9-19(25-2)8-6-14(13-16(19)23)26-17-5-3-4-10-20-17/h3-5,7,10-11,14,16H,6,8-9,12-13H2,1-2H3/t14-,16-,19+/m0/s1. The first kappa shape index (κ1) is 17.0. The zero-order valence-electron chi connectivity index (χ0n) is 15.2. The van der Waals surface area contributed by atoms with Crippen LogP contribution in [0.1, 0.15) is 36.2 Å². The van der Waals surface area contributed by atoms with Gasteiger partial charge in [-0.25, -0.2) is 4.98 Å². The molecule has 0 radical (unpaired) electrons. The first-order valence-corrected chi connectivity index (χ1v) is 9.05. The van der Waals surface area contributed by atoms with Crippen molar-refractivity contribution in [1.82, 2.24) is 19.7 Å². The molecule has 7 heteroatoms. The Labute approximate surface area is 152 Å². The SMILES string of the molecule is CO[C@@]12CC[C@H](Oc3ccccn3)C[C@@H]1N(C(=O)c1ccn(C)n1)CC2. The van der Waals surface area contributed by atoms with E-state index in [2.05, 4.69) is 10.1 Å².